The average Bonchev–Trinajstić information content (AvgIpc) is 3.22. The number of Topliss-reactive ketones (excluding diaryl/α,β-unsaturated/α-hetero) is 1. The van der Waals surface area contributed by atoms with Crippen molar-refractivity contribution in [3.63, 3.8) is 0 Å². The van der Waals surface area contributed by atoms with Crippen molar-refractivity contribution in [2.75, 3.05) is 23.1 Å². The minimum absolute atomic E-state index is 0.00956. The molecule has 5 atom stereocenters. The van der Waals surface area contributed by atoms with E-state index in [2.05, 4.69) is 36.5 Å². The number of sulfonamides is 1. The molecule has 4 aromatic rings. The number of aromatic nitrogens is 1. The predicted molar refractivity (Wildman–Crippen MR) is 232 cm³/mol. The summed E-state index contributed by atoms with van der Waals surface area (Å²) in [6.07, 6.45) is 4.99. The molecule has 6 rings (SSSR count). The van der Waals surface area contributed by atoms with Crippen LogP contribution in [-0.4, -0.2) is 67.8 Å². The third-order valence-corrected chi connectivity index (χ3v) is 13.3. The minimum atomic E-state index is -3.85. The van der Waals surface area contributed by atoms with Gasteiger partial charge in [-0.3, -0.25) is 28.7 Å². The molecular weight excluding hydrogens is 834 g/mol. The number of carbonyl (C=O) groups is 3. The van der Waals surface area contributed by atoms with Gasteiger partial charge in [0.15, 0.2) is 0 Å². The van der Waals surface area contributed by atoms with Crippen LogP contribution in [0.5, 0.6) is 0 Å². The number of anilines is 1. The summed E-state index contributed by atoms with van der Waals surface area (Å²) >= 11 is 3.43. The van der Waals surface area contributed by atoms with Crippen molar-refractivity contribution in [3.8, 4) is 0 Å². The molecule has 0 saturated carbocycles. The zero-order valence-electron chi connectivity index (χ0n) is 33.3. The number of pyridine rings is 1. The van der Waals surface area contributed by atoms with Crippen LogP contribution in [0.2, 0.25) is 0 Å². The maximum atomic E-state index is 14.2. The Bertz CT molecular complexity index is 2350. The second-order valence-corrected chi connectivity index (χ2v) is 18.3. The Hall–Kier alpha value is -5.41. The van der Waals surface area contributed by atoms with E-state index >= 15 is 0 Å². The van der Waals surface area contributed by atoms with E-state index in [4.69, 9.17) is 5.41 Å². The fraction of sp³-hybridized carbons (Fsp3) is 0.364. The third-order valence-electron chi connectivity index (χ3n) is 11.2. The molecule has 2 aliphatic rings. The normalized spacial score (nSPS) is 18.9. The molecule has 15 heteroatoms. The zero-order valence-corrected chi connectivity index (χ0v) is 35.7. The Labute approximate surface area is 353 Å². The standard InChI is InChI=1S/C44H48BrN7O6S/c1-27(42(53)26-40(46)28(2)30-9-13-36(51-56)14-10-30)20-32-22-37(25-41-39(32)6-4-16-48-41)50-44(55)34-21-33(43(54)49-29(3)31-7-11-35(45)12-8-31)23-38(24-34)52-18-5-15-47-17-19-59(52,57)58/h4,6-14,16-17,21,23-24,27-29,32,37,46H,5,15,18-20,22,25-26H2,1-3H3,(H,49,54)(H,50,55)/p+1/t27-,28-,29-,32?,37-/m1/s1. The van der Waals surface area contributed by atoms with Crippen molar-refractivity contribution >= 4 is 66.9 Å². The summed E-state index contributed by atoms with van der Waals surface area (Å²) in [4.78, 5) is 61.3. The van der Waals surface area contributed by atoms with Gasteiger partial charge in [0.25, 0.3) is 17.5 Å². The molecule has 59 heavy (non-hydrogen) atoms. The van der Waals surface area contributed by atoms with Gasteiger partial charge in [0.05, 0.1) is 11.7 Å². The smallest absolute Gasteiger partial charge is 0.253 e. The number of amides is 2. The number of carbonyl (C=O) groups excluding carboxylic acids is 3. The van der Waals surface area contributed by atoms with E-state index in [-0.39, 0.29) is 76.9 Å². The first-order valence-electron chi connectivity index (χ1n) is 19.7. The highest BCUT2D eigenvalue weighted by atomic mass is 79.9. The van der Waals surface area contributed by atoms with Crippen LogP contribution < -0.4 is 20.1 Å². The van der Waals surface area contributed by atoms with Crippen molar-refractivity contribution in [2.24, 2.45) is 10.9 Å². The van der Waals surface area contributed by atoms with Gasteiger partial charge < -0.3 is 16.0 Å². The number of ketones is 1. The van der Waals surface area contributed by atoms with Gasteiger partial charge in [-0.05, 0) is 85.2 Å². The summed E-state index contributed by atoms with van der Waals surface area (Å²) in [6.45, 7) is 6.17. The maximum Gasteiger partial charge on any atom is 0.253 e. The second-order valence-electron chi connectivity index (χ2n) is 15.4. The Morgan fingerprint density at radius 3 is 2.37 bits per heavy atom. The number of rotatable bonds is 14. The van der Waals surface area contributed by atoms with Gasteiger partial charge in [-0.25, -0.2) is 8.42 Å². The molecular formula is C44H49BrN7O6S+. The van der Waals surface area contributed by atoms with Gasteiger partial charge in [0.2, 0.25) is 10.0 Å². The minimum Gasteiger partial charge on any atom is -0.349 e. The maximum absolute atomic E-state index is 14.2. The van der Waals surface area contributed by atoms with Crippen molar-refractivity contribution in [1.82, 2.24) is 15.6 Å². The highest BCUT2D eigenvalue weighted by Crippen LogP contribution is 2.36. The van der Waals surface area contributed by atoms with E-state index in [1.807, 2.05) is 62.3 Å². The van der Waals surface area contributed by atoms with Crippen LogP contribution in [-0.2, 0) is 21.2 Å². The lowest BCUT2D eigenvalue weighted by molar-refractivity contribution is -0.379. The first-order valence-corrected chi connectivity index (χ1v) is 22.2. The van der Waals surface area contributed by atoms with Crippen molar-refractivity contribution < 1.29 is 28.0 Å². The van der Waals surface area contributed by atoms with Crippen LogP contribution in [0.25, 0.3) is 0 Å². The quantitative estimate of drug-likeness (QED) is 0.111. The summed E-state index contributed by atoms with van der Waals surface area (Å²) in [5.74, 6) is -2.10. The van der Waals surface area contributed by atoms with Crippen LogP contribution >= 0.6 is 15.9 Å². The van der Waals surface area contributed by atoms with Crippen molar-refractivity contribution in [2.45, 2.75) is 76.8 Å². The molecule has 13 nitrogen and oxygen atoms in total. The number of nitrogens with zero attached hydrogens (tertiary/aromatic N) is 3. The van der Waals surface area contributed by atoms with E-state index in [0.717, 1.165) is 26.9 Å². The molecule has 0 saturated heterocycles. The molecule has 1 aromatic heterocycles. The molecule has 0 spiro atoms. The molecule has 2 amide bonds. The first-order chi connectivity index (χ1) is 28.2. The monoisotopic (exact) mass is 882 g/mol. The second kappa shape index (κ2) is 19.1. The van der Waals surface area contributed by atoms with E-state index in [0.29, 0.717) is 37.9 Å². The van der Waals surface area contributed by atoms with Crippen LogP contribution in [0.4, 0.5) is 11.4 Å². The number of aliphatic imine (C=N–C) groups is 1. The fourth-order valence-corrected chi connectivity index (χ4v) is 9.26. The SMILES string of the molecule is C[C@H](CC1C[C@@H](NC(=O)c2cc(C(=O)N[C@H](C)c3ccc(Br)cc3)cc(N3CCCN=CCS3(=O)=O)c2)Cc2ncccc21)C(=O)CC(=N)[C@H](C)c1ccc([NH+]=O)cc1. The van der Waals surface area contributed by atoms with E-state index in [1.54, 1.807) is 30.5 Å². The van der Waals surface area contributed by atoms with Crippen molar-refractivity contribution in [3.05, 3.63) is 128 Å². The van der Waals surface area contributed by atoms with Crippen LogP contribution in [0.15, 0.2) is 94.5 Å². The molecule has 1 aliphatic heterocycles. The average molecular weight is 884 g/mol. The number of fused-ring (bicyclic) bond motifs is 1. The molecule has 0 fully saturated rings. The van der Waals surface area contributed by atoms with Crippen LogP contribution in [0.1, 0.15) is 107 Å². The van der Waals surface area contributed by atoms with Gasteiger partial charge in [0, 0.05) is 105 Å². The highest BCUT2D eigenvalue weighted by Gasteiger charge is 2.33. The molecule has 0 radical (unpaired) electrons. The molecule has 1 unspecified atom stereocenters. The molecule has 2 heterocycles. The van der Waals surface area contributed by atoms with Gasteiger partial charge in [-0.2, -0.15) is 0 Å². The molecule has 308 valence electrons. The Kier molecular flexibility index (Phi) is 14.0. The van der Waals surface area contributed by atoms with Gasteiger partial charge in [0.1, 0.15) is 11.5 Å². The lowest BCUT2D eigenvalue weighted by Gasteiger charge is -2.33. The summed E-state index contributed by atoms with van der Waals surface area (Å²) < 4.78 is 29.1. The van der Waals surface area contributed by atoms with Crippen molar-refractivity contribution in [1.29, 1.82) is 5.41 Å². The van der Waals surface area contributed by atoms with Gasteiger partial charge in [-0.1, -0.05) is 60.1 Å². The lowest BCUT2D eigenvalue weighted by Crippen LogP contribution is -2.55. The van der Waals surface area contributed by atoms with Crippen LogP contribution in [0, 0.1) is 16.2 Å². The molecule has 1 aliphatic carbocycles. The summed E-state index contributed by atoms with van der Waals surface area (Å²) in [5, 5.41) is 16.7. The van der Waals surface area contributed by atoms with Crippen LogP contribution in [0.3, 0.4) is 0 Å². The number of benzene rings is 3. The van der Waals surface area contributed by atoms with Gasteiger partial charge >= 0.3 is 0 Å². The molecule has 0 bridgehead atoms. The highest BCUT2D eigenvalue weighted by molar-refractivity contribution is 9.10. The Morgan fingerprint density at radius 1 is 0.966 bits per heavy atom. The number of halogens is 1. The number of hydrogen-bond acceptors (Lipinski definition) is 9. The summed E-state index contributed by atoms with van der Waals surface area (Å²) in [7, 11) is -3.85. The Balaban J connectivity index is 1.21. The Morgan fingerprint density at radius 2 is 1.66 bits per heavy atom. The zero-order chi connectivity index (χ0) is 42.3. The summed E-state index contributed by atoms with van der Waals surface area (Å²) in [5.41, 5.74) is 4.73. The number of hydrogen-bond donors (Lipinski definition) is 4. The largest absolute Gasteiger partial charge is 0.349 e. The fourth-order valence-electron chi connectivity index (χ4n) is 7.69. The molecule has 3 aromatic carbocycles. The van der Waals surface area contributed by atoms with E-state index in [1.165, 1.54) is 28.7 Å². The lowest BCUT2D eigenvalue weighted by atomic mass is 9.77. The predicted octanol–water partition coefficient (Wildman–Crippen LogP) is 6.06. The number of nitrogens with one attached hydrogen (secondary N) is 4. The third kappa shape index (κ3) is 10.8. The van der Waals surface area contributed by atoms with E-state index < -0.39 is 21.8 Å². The van der Waals surface area contributed by atoms with Gasteiger partial charge in [-0.15, -0.1) is 0 Å². The summed E-state index contributed by atoms with van der Waals surface area (Å²) in [6, 6.07) is 22.0. The number of nitroso groups, excluding NO2 is 1. The molecule has 4 N–H and O–H groups in total. The first kappa shape index (κ1) is 43.2. The van der Waals surface area contributed by atoms with E-state index in [9.17, 15) is 27.7 Å². The topological polar surface area (TPSA) is 193 Å².